The van der Waals surface area contributed by atoms with Crippen molar-refractivity contribution in [1.29, 1.82) is 0 Å². The summed E-state index contributed by atoms with van der Waals surface area (Å²) in [4.78, 5) is 5.13. The smallest absolute Gasteiger partial charge is 0.251 e. The van der Waals surface area contributed by atoms with Gasteiger partial charge in [0.25, 0.3) is 5.95 Å². The molecule has 0 radical (unpaired) electrons. The van der Waals surface area contributed by atoms with Gasteiger partial charge in [-0.2, -0.15) is 9.37 Å². The minimum atomic E-state index is -1.24. The molecule has 1 unspecified atom stereocenters. The second-order valence-electron chi connectivity index (χ2n) is 4.71. The third-order valence-corrected chi connectivity index (χ3v) is 3.21. The molecular weight excluding hydrogens is 229 g/mol. The van der Waals surface area contributed by atoms with Gasteiger partial charge in [0.05, 0.1) is 0 Å². The number of rotatable bonds is 2. The first-order valence-electron chi connectivity index (χ1n) is 5.79. The van der Waals surface area contributed by atoms with Crippen molar-refractivity contribution >= 4 is 5.82 Å². The Morgan fingerprint density at radius 1 is 1.29 bits per heavy atom. The summed E-state index contributed by atoms with van der Waals surface area (Å²) in [5.41, 5.74) is 0. The minimum Gasteiger partial charge on any atom is -0.351 e. The molecule has 2 heterocycles. The Morgan fingerprint density at radius 2 is 2.00 bits per heavy atom. The fourth-order valence-corrected chi connectivity index (χ4v) is 2.39. The fraction of sp³-hybridized carbons (Fsp3) is 0.583. The van der Waals surface area contributed by atoms with E-state index in [1.807, 2.05) is 13.8 Å². The van der Waals surface area contributed by atoms with E-state index < -0.39 is 17.6 Å². The van der Waals surface area contributed by atoms with Crippen LogP contribution in [0.1, 0.15) is 26.7 Å². The molecular formula is C12H15F3N2. The van der Waals surface area contributed by atoms with E-state index in [-0.39, 0.29) is 11.9 Å². The summed E-state index contributed by atoms with van der Waals surface area (Å²) in [6.07, 6.45) is 1.85. The van der Waals surface area contributed by atoms with Gasteiger partial charge in [0.15, 0.2) is 17.5 Å². The molecule has 1 aromatic rings. The Kier molecular flexibility index (Phi) is 3.26. The number of pyridine rings is 1. The molecule has 5 heteroatoms. The lowest BCUT2D eigenvalue weighted by Gasteiger charge is -2.28. The predicted octanol–water partition coefficient (Wildman–Crippen LogP) is 3.12. The van der Waals surface area contributed by atoms with Crippen LogP contribution >= 0.6 is 0 Å². The second kappa shape index (κ2) is 4.55. The summed E-state index contributed by atoms with van der Waals surface area (Å²) >= 11 is 0. The lowest BCUT2D eigenvalue weighted by Crippen LogP contribution is -2.34. The lowest BCUT2D eigenvalue weighted by atomic mass is 10.0. The van der Waals surface area contributed by atoms with Crippen molar-refractivity contribution in [2.45, 2.75) is 32.7 Å². The second-order valence-corrected chi connectivity index (χ2v) is 4.71. The van der Waals surface area contributed by atoms with Gasteiger partial charge in [0.2, 0.25) is 0 Å². The zero-order valence-corrected chi connectivity index (χ0v) is 9.88. The molecule has 17 heavy (non-hydrogen) atoms. The van der Waals surface area contributed by atoms with Gasteiger partial charge in [0, 0.05) is 18.7 Å². The van der Waals surface area contributed by atoms with Crippen molar-refractivity contribution in [3.63, 3.8) is 0 Å². The molecule has 0 aliphatic carbocycles. The molecule has 94 valence electrons. The Balaban J connectivity index is 2.36. The number of anilines is 1. The first kappa shape index (κ1) is 12.2. The van der Waals surface area contributed by atoms with E-state index in [4.69, 9.17) is 0 Å². The Hall–Kier alpha value is -1.26. The summed E-state index contributed by atoms with van der Waals surface area (Å²) in [5, 5.41) is 0. The van der Waals surface area contributed by atoms with E-state index in [2.05, 4.69) is 4.98 Å². The van der Waals surface area contributed by atoms with Crippen LogP contribution in [0.3, 0.4) is 0 Å². The highest BCUT2D eigenvalue weighted by atomic mass is 19.2. The van der Waals surface area contributed by atoms with Gasteiger partial charge in [-0.25, -0.2) is 8.78 Å². The first-order chi connectivity index (χ1) is 8.00. The topological polar surface area (TPSA) is 16.1 Å². The Bertz CT molecular complexity index is 420. The highest BCUT2D eigenvalue weighted by molar-refractivity contribution is 5.42. The predicted molar refractivity (Wildman–Crippen MR) is 59.3 cm³/mol. The number of nitrogens with zero attached hydrogens (tertiary/aromatic N) is 2. The van der Waals surface area contributed by atoms with Crippen molar-refractivity contribution in [2.24, 2.45) is 5.92 Å². The number of aromatic nitrogens is 1. The van der Waals surface area contributed by atoms with E-state index in [9.17, 15) is 13.2 Å². The molecule has 0 saturated carbocycles. The Morgan fingerprint density at radius 3 is 2.65 bits per heavy atom. The molecule has 1 saturated heterocycles. The molecule has 0 aromatic carbocycles. The third-order valence-electron chi connectivity index (χ3n) is 3.21. The summed E-state index contributed by atoms with van der Waals surface area (Å²) in [7, 11) is 0. The van der Waals surface area contributed by atoms with Gasteiger partial charge in [-0.05, 0) is 18.8 Å². The largest absolute Gasteiger partial charge is 0.351 e. The number of hydrogen-bond donors (Lipinski definition) is 0. The van der Waals surface area contributed by atoms with Crippen LogP contribution in [-0.2, 0) is 0 Å². The maximum absolute atomic E-state index is 13.6. The lowest BCUT2D eigenvalue weighted by molar-refractivity contribution is 0.449. The summed E-state index contributed by atoms with van der Waals surface area (Å²) in [6, 6.07) is 0.703. The van der Waals surface area contributed by atoms with Crippen LogP contribution in [0.25, 0.3) is 0 Å². The average molecular weight is 244 g/mol. The third kappa shape index (κ3) is 2.23. The first-order valence-corrected chi connectivity index (χ1v) is 5.79. The molecule has 0 N–H and O–H groups in total. The maximum atomic E-state index is 13.6. The van der Waals surface area contributed by atoms with Crippen LogP contribution < -0.4 is 4.90 Å². The van der Waals surface area contributed by atoms with E-state index >= 15 is 0 Å². The van der Waals surface area contributed by atoms with Crippen LogP contribution in [0.2, 0.25) is 0 Å². The van der Waals surface area contributed by atoms with Gasteiger partial charge in [-0.15, -0.1) is 0 Å². The van der Waals surface area contributed by atoms with Crippen molar-refractivity contribution in [3.8, 4) is 0 Å². The number of halogens is 3. The maximum Gasteiger partial charge on any atom is 0.251 e. The molecule has 0 amide bonds. The fourth-order valence-electron chi connectivity index (χ4n) is 2.39. The van der Waals surface area contributed by atoms with Crippen LogP contribution in [0, 0.1) is 23.5 Å². The summed E-state index contributed by atoms with van der Waals surface area (Å²) < 4.78 is 39.5. The molecule has 1 aromatic heterocycles. The monoisotopic (exact) mass is 244 g/mol. The Labute approximate surface area is 98.5 Å². The van der Waals surface area contributed by atoms with Crippen molar-refractivity contribution in [2.75, 3.05) is 11.4 Å². The van der Waals surface area contributed by atoms with Gasteiger partial charge in [-0.3, -0.25) is 0 Å². The van der Waals surface area contributed by atoms with Gasteiger partial charge in [-0.1, -0.05) is 13.8 Å². The standard InChI is InChI=1S/C12H15F3N2/c1-7(2)10-4-3-5-17(10)12-9(14)6-8(13)11(15)16-12/h6-7,10H,3-5H2,1-2H3. The van der Waals surface area contributed by atoms with Crippen LogP contribution in [0.4, 0.5) is 19.0 Å². The van der Waals surface area contributed by atoms with Crippen molar-refractivity contribution in [3.05, 3.63) is 23.6 Å². The van der Waals surface area contributed by atoms with E-state index in [0.29, 0.717) is 18.5 Å². The summed E-state index contributed by atoms with van der Waals surface area (Å²) in [6.45, 7) is 4.69. The van der Waals surface area contributed by atoms with Gasteiger partial charge >= 0.3 is 0 Å². The molecule has 1 aliphatic heterocycles. The van der Waals surface area contributed by atoms with Crippen LogP contribution in [0.5, 0.6) is 0 Å². The molecule has 1 atom stereocenters. The van der Waals surface area contributed by atoms with Gasteiger partial charge in [0.1, 0.15) is 0 Å². The average Bonchev–Trinajstić information content (AvgIpc) is 2.72. The zero-order valence-electron chi connectivity index (χ0n) is 9.88. The van der Waals surface area contributed by atoms with Crippen molar-refractivity contribution < 1.29 is 13.2 Å². The SMILES string of the molecule is CC(C)C1CCCN1c1nc(F)c(F)cc1F. The number of hydrogen-bond acceptors (Lipinski definition) is 2. The molecule has 1 fully saturated rings. The van der Waals surface area contributed by atoms with E-state index in [0.717, 1.165) is 12.8 Å². The molecule has 0 spiro atoms. The van der Waals surface area contributed by atoms with Crippen LogP contribution in [0.15, 0.2) is 6.07 Å². The highest BCUT2D eigenvalue weighted by Gasteiger charge is 2.30. The zero-order chi connectivity index (χ0) is 12.6. The molecule has 2 nitrogen and oxygen atoms in total. The van der Waals surface area contributed by atoms with E-state index in [1.54, 1.807) is 4.90 Å². The minimum absolute atomic E-state index is 0.0694. The molecule has 0 bridgehead atoms. The van der Waals surface area contributed by atoms with Gasteiger partial charge < -0.3 is 4.90 Å². The highest BCUT2D eigenvalue weighted by Crippen LogP contribution is 2.30. The van der Waals surface area contributed by atoms with Crippen molar-refractivity contribution in [1.82, 2.24) is 4.98 Å². The summed E-state index contributed by atoms with van der Waals surface area (Å²) in [5.74, 6) is -3.02. The van der Waals surface area contributed by atoms with Crippen LogP contribution in [-0.4, -0.2) is 17.6 Å². The molecule has 1 aliphatic rings. The van der Waals surface area contributed by atoms with E-state index in [1.165, 1.54) is 0 Å². The normalized spacial score (nSPS) is 20.4. The quantitative estimate of drug-likeness (QED) is 0.743. The molecule has 2 rings (SSSR count).